The van der Waals surface area contributed by atoms with Crippen molar-refractivity contribution >= 4 is 16.9 Å². The number of nitrogens with one attached hydrogen (secondary N) is 1. The summed E-state index contributed by atoms with van der Waals surface area (Å²) in [4.78, 5) is 26.7. The molecule has 2 saturated heterocycles. The zero-order valence-electron chi connectivity index (χ0n) is 16.2. The first-order chi connectivity index (χ1) is 13.5. The Labute approximate surface area is 163 Å². The molecule has 0 aliphatic carbocycles. The first-order valence-corrected chi connectivity index (χ1v) is 9.98. The quantitative estimate of drug-likeness (QED) is 0.700. The number of nitrogens with zero attached hydrogens (tertiary/aromatic N) is 3. The zero-order valence-corrected chi connectivity index (χ0v) is 16.2. The number of piperidine rings is 2. The molecule has 2 aliphatic heterocycles. The molecule has 0 saturated carbocycles. The van der Waals surface area contributed by atoms with Crippen LogP contribution in [0.1, 0.15) is 37.3 Å². The number of carbonyl (C=O) groups is 1. The number of aryl methyl sites for hydroxylation is 1. The number of hydrogen-bond donors (Lipinski definition) is 3. The van der Waals surface area contributed by atoms with E-state index in [-0.39, 0.29) is 18.2 Å². The molecule has 2 atom stereocenters. The third kappa shape index (κ3) is 3.47. The van der Waals surface area contributed by atoms with Crippen molar-refractivity contribution in [1.82, 2.24) is 19.4 Å². The van der Waals surface area contributed by atoms with Crippen LogP contribution in [0.3, 0.4) is 0 Å². The highest BCUT2D eigenvalue weighted by Crippen LogP contribution is 2.26. The van der Waals surface area contributed by atoms with E-state index in [2.05, 4.69) is 10.2 Å². The van der Waals surface area contributed by atoms with Crippen LogP contribution in [0.15, 0.2) is 23.0 Å². The lowest BCUT2D eigenvalue weighted by atomic mass is 9.97. The standard InChI is InChI=1S/C20H28N4O4/c1-22-17-10-14(11-23-8-6-13(12-25)7-9-23)2-3-15(17)24(20(22)28)16-4-5-18(26)21-19(16)27/h2-3,10,13,16,19,25,27H,4-9,11-12H2,1H3,(H,21,26). The molecule has 1 aromatic carbocycles. The molecule has 3 heterocycles. The van der Waals surface area contributed by atoms with Crippen LogP contribution in [0.2, 0.25) is 0 Å². The average Bonchev–Trinajstić information content (AvgIpc) is 2.93. The lowest BCUT2D eigenvalue weighted by Crippen LogP contribution is -2.47. The fourth-order valence-electron chi connectivity index (χ4n) is 4.45. The molecule has 1 aromatic heterocycles. The Morgan fingerprint density at radius 3 is 2.57 bits per heavy atom. The summed E-state index contributed by atoms with van der Waals surface area (Å²) < 4.78 is 3.22. The van der Waals surface area contributed by atoms with Crippen molar-refractivity contribution in [3.05, 3.63) is 34.2 Å². The fraction of sp³-hybridized carbons (Fsp3) is 0.600. The van der Waals surface area contributed by atoms with Gasteiger partial charge in [0.15, 0.2) is 0 Å². The molecule has 0 spiro atoms. The Balaban J connectivity index is 1.60. The van der Waals surface area contributed by atoms with Gasteiger partial charge in [-0.1, -0.05) is 6.07 Å². The fourth-order valence-corrected chi connectivity index (χ4v) is 4.45. The van der Waals surface area contributed by atoms with Gasteiger partial charge >= 0.3 is 5.69 Å². The summed E-state index contributed by atoms with van der Waals surface area (Å²) in [6, 6.07) is 5.55. The van der Waals surface area contributed by atoms with E-state index in [0.29, 0.717) is 18.8 Å². The topological polar surface area (TPSA) is 99.7 Å². The van der Waals surface area contributed by atoms with Gasteiger partial charge in [-0.15, -0.1) is 0 Å². The summed E-state index contributed by atoms with van der Waals surface area (Å²) in [5.74, 6) is 0.222. The molecule has 1 amide bonds. The lowest BCUT2D eigenvalue weighted by molar-refractivity contribution is -0.128. The smallest absolute Gasteiger partial charge is 0.329 e. The highest BCUT2D eigenvalue weighted by molar-refractivity contribution is 5.79. The molecule has 2 fully saturated rings. The van der Waals surface area contributed by atoms with E-state index < -0.39 is 12.3 Å². The summed E-state index contributed by atoms with van der Waals surface area (Å²) in [5.41, 5.74) is 2.56. The normalized spacial score (nSPS) is 24.6. The van der Waals surface area contributed by atoms with E-state index in [9.17, 15) is 19.8 Å². The van der Waals surface area contributed by atoms with Gasteiger partial charge in [-0.2, -0.15) is 0 Å². The molecular formula is C20H28N4O4. The minimum Gasteiger partial charge on any atom is -0.396 e. The number of fused-ring (bicyclic) bond motifs is 1. The molecule has 2 aromatic rings. The highest BCUT2D eigenvalue weighted by atomic mass is 16.3. The highest BCUT2D eigenvalue weighted by Gasteiger charge is 2.31. The number of amides is 1. The van der Waals surface area contributed by atoms with Crippen molar-refractivity contribution in [2.45, 2.75) is 44.5 Å². The van der Waals surface area contributed by atoms with Crippen molar-refractivity contribution in [3.63, 3.8) is 0 Å². The monoisotopic (exact) mass is 388 g/mol. The third-order valence-corrected chi connectivity index (χ3v) is 6.20. The molecule has 28 heavy (non-hydrogen) atoms. The van der Waals surface area contributed by atoms with Crippen LogP contribution in [0.4, 0.5) is 0 Å². The van der Waals surface area contributed by atoms with Crippen LogP contribution in [-0.2, 0) is 18.4 Å². The largest absolute Gasteiger partial charge is 0.396 e. The van der Waals surface area contributed by atoms with Crippen LogP contribution >= 0.6 is 0 Å². The van der Waals surface area contributed by atoms with Crippen LogP contribution in [0.5, 0.6) is 0 Å². The number of aromatic nitrogens is 2. The van der Waals surface area contributed by atoms with Gasteiger partial charge in [0.25, 0.3) is 0 Å². The van der Waals surface area contributed by atoms with Gasteiger partial charge in [-0.05, 0) is 56.0 Å². The average molecular weight is 388 g/mol. The van der Waals surface area contributed by atoms with E-state index in [1.807, 2.05) is 18.2 Å². The molecule has 4 rings (SSSR count). The second kappa shape index (κ2) is 7.69. The molecule has 2 unspecified atom stereocenters. The molecule has 8 heteroatoms. The maximum atomic E-state index is 12.9. The molecule has 3 N–H and O–H groups in total. The predicted molar refractivity (Wildman–Crippen MR) is 105 cm³/mol. The minimum absolute atomic E-state index is 0.184. The summed E-state index contributed by atoms with van der Waals surface area (Å²) in [6.07, 6.45) is 1.70. The van der Waals surface area contributed by atoms with Crippen LogP contribution in [0, 0.1) is 5.92 Å². The number of likely N-dealkylation sites (tertiary alicyclic amines) is 1. The molecule has 152 valence electrons. The van der Waals surface area contributed by atoms with Gasteiger partial charge in [0.2, 0.25) is 5.91 Å². The molecule has 0 bridgehead atoms. The molecule has 2 aliphatic rings. The molecule has 0 radical (unpaired) electrons. The van der Waals surface area contributed by atoms with Crippen molar-refractivity contribution in [1.29, 1.82) is 0 Å². The van der Waals surface area contributed by atoms with Gasteiger partial charge in [0.05, 0.1) is 17.1 Å². The van der Waals surface area contributed by atoms with Crippen molar-refractivity contribution < 1.29 is 15.0 Å². The summed E-state index contributed by atoms with van der Waals surface area (Å²) in [5, 5.41) is 22.1. The van der Waals surface area contributed by atoms with Crippen molar-refractivity contribution in [2.75, 3.05) is 19.7 Å². The number of aliphatic hydroxyl groups excluding tert-OH is 2. The predicted octanol–water partition coefficient (Wildman–Crippen LogP) is 0.314. The second-order valence-electron chi connectivity index (χ2n) is 8.06. The number of carbonyl (C=O) groups excluding carboxylic acids is 1. The maximum Gasteiger partial charge on any atom is 0.329 e. The van der Waals surface area contributed by atoms with E-state index in [0.717, 1.165) is 49.1 Å². The Morgan fingerprint density at radius 1 is 1.14 bits per heavy atom. The van der Waals surface area contributed by atoms with Crippen LogP contribution < -0.4 is 11.0 Å². The molecule has 8 nitrogen and oxygen atoms in total. The third-order valence-electron chi connectivity index (χ3n) is 6.20. The van der Waals surface area contributed by atoms with E-state index in [4.69, 9.17) is 0 Å². The summed E-state index contributed by atoms with van der Waals surface area (Å²) >= 11 is 0. The zero-order chi connectivity index (χ0) is 19.8. The van der Waals surface area contributed by atoms with E-state index in [1.165, 1.54) is 0 Å². The first-order valence-electron chi connectivity index (χ1n) is 9.98. The van der Waals surface area contributed by atoms with Crippen LogP contribution in [-0.4, -0.2) is 56.1 Å². The number of imidazole rings is 1. The Morgan fingerprint density at radius 2 is 1.89 bits per heavy atom. The van der Waals surface area contributed by atoms with Gasteiger partial charge < -0.3 is 15.5 Å². The van der Waals surface area contributed by atoms with Gasteiger partial charge in [-0.3, -0.25) is 18.8 Å². The number of benzene rings is 1. The molecular weight excluding hydrogens is 360 g/mol. The lowest BCUT2D eigenvalue weighted by Gasteiger charge is -2.31. The number of rotatable bonds is 4. The van der Waals surface area contributed by atoms with E-state index in [1.54, 1.807) is 16.2 Å². The van der Waals surface area contributed by atoms with Gasteiger partial charge in [0, 0.05) is 26.6 Å². The summed E-state index contributed by atoms with van der Waals surface area (Å²) in [6.45, 7) is 3.02. The Hall–Kier alpha value is -2.16. The first kappa shape index (κ1) is 19.2. The second-order valence-corrected chi connectivity index (χ2v) is 8.06. The Kier molecular flexibility index (Phi) is 5.27. The van der Waals surface area contributed by atoms with E-state index >= 15 is 0 Å². The maximum absolute atomic E-state index is 12.9. The van der Waals surface area contributed by atoms with Crippen LogP contribution in [0.25, 0.3) is 11.0 Å². The summed E-state index contributed by atoms with van der Waals surface area (Å²) in [7, 11) is 1.74. The van der Waals surface area contributed by atoms with Crippen molar-refractivity contribution in [2.24, 2.45) is 13.0 Å². The van der Waals surface area contributed by atoms with Gasteiger partial charge in [-0.25, -0.2) is 4.79 Å². The number of hydrogen-bond acceptors (Lipinski definition) is 5. The SMILES string of the molecule is Cn1c(=O)n(C2CCC(=O)NC2O)c2ccc(CN3CCC(CO)CC3)cc21. The minimum atomic E-state index is -1.06. The van der Waals surface area contributed by atoms with Gasteiger partial charge in [0.1, 0.15) is 6.23 Å². The van der Waals surface area contributed by atoms with Crippen molar-refractivity contribution in [3.8, 4) is 0 Å². The number of aliphatic hydroxyl groups is 2. The Bertz CT molecular complexity index is 926.